The van der Waals surface area contributed by atoms with Gasteiger partial charge < -0.3 is 25.6 Å². The molecular weight excluding hydrogens is 408 g/mol. The summed E-state index contributed by atoms with van der Waals surface area (Å²) in [6.45, 7) is 4.62. The van der Waals surface area contributed by atoms with E-state index >= 15 is 0 Å². The highest BCUT2D eigenvalue weighted by atomic mass is 16.5. The molecule has 5 atom stereocenters. The second-order valence-corrected chi connectivity index (χ2v) is 10.4. The van der Waals surface area contributed by atoms with Crippen LogP contribution in [0.3, 0.4) is 0 Å². The van der Waals surface area contributed by atoms with Crippen LogP contribution in [-0.4, -0.2) is 78.5 Å². The Hall–Kier alpha value is -1.67. The summed E-state index contributed by atoms with van der Waals surface area (Å²) in [4.78, 5) is 42.2. The lowest BCUT2D eigenvalue weighted by Gasteiger charge is -2.31. The highest BCUT2D eigenvalue weighted by Gasteiger charge is 2.45. The third-order valence-corrected chi connectivity index (χ3v) is 7.85. The lowest BCUT2D eigenvalue weighted by atomic mass is 9.81. The SMILES string of the molecule is CC(=O)N1CC(N(CC2CCCO2)C(=O)C2CC2)CC1C(=O)NCC1CCCC(CN)C1. The molecule has 0 aromatic carbocycles. The van der Waals surface area contributed by atoms with Gasteiger partial charge in [0, 0.05) is 39.1 Å². The van der Waals surface area contributed by atoms with Crippen LogP contribution in [0.2, 0.25) is 0 Å². The average molecular weight is 449 g/mol. The molecule has 4 fully saturated rings. The van der Waals surface area contributed by atoms with Crippen molar-refractivity contribution in [1.82, 2.24) is 15.1 Å². The quantitative estimate of drug-likeness (QED) is 0.582. The van der Waals surface area contributed by atoms with E-state index in [1.54, 1.807) is 4.90 Å². The van der Waals surface area contributed by atoms with Crippen LogP contribution in [0.4, 0.5) is 0 Å². The van der Waals surface area contributed by atoms with Crippen LogP contribution in [0.15, 0.2) is 0 Å². The molecule has 4 rings (SSSR count). The fourth-order valence-electron chi connectivity index (χ4n) is 5.79. The van der Waals surface area contributed by atoms with E-state index in [0.717, 1.165) is 51.6 Å². The third kappa shape index (κ3) is 5.63. The van der Waals surface area contributed by atoms with Crippen molar-refractivity contribution in [1.29, 1.82) is 0 Å². The van der Waals surface area contributed by atoms with Gasteiger partial charge in [-0.1, -0.05) is 6.42 Å². The lowest BCUT2D eigenvalue weighted by molar-refractivity contribution is -0.138. The van der Waals surface area contributed by atoms with Gasteiger partial charge in [0.15, 0.2) is 0 Å². The van der Waals surface area contributed by atoms with E-state index in [2.05, 4.69) is 5.32 Å². The molecule has 180 valence electrons. The third-order valence-electron chi connectivity index (χ3n) is 7.85. The number of rotatable bonds is 8. The summed E-state index contributed by atoms with van der Waals surface area (Å²) in [5, 5.41) is 3.12. The van der Waals surface area contributed by atoms with E-state index in [-0.39, 0.29) is 35.8 Å². The number of ether oxygens (including phenoxy) is 1. The van der Waals surface area contributed by atoms with Crippen LogP contribution in [0, 0.1) is 17.8 Å². The molecule has 2 heterocycles. The maximum atomic E-state index is 13.1. The molecule has 2 aliphatic heterocycles. The summed E-state index contributed by atoms with van der Waals surface area (Å²) in [5.41, 5.74) is 5.85. The highest BCUT2D eigenvalue weighted by molar-refractivity contribution is 5.88. The summed E-state index contributed by atoms with van der Waals surface area (Å²) in [7, 11) is 0. The maximum absolute atomic E-state index is 13.1. The molecule has 3 amide bonds. The molecule has 0 aromatic rings. The van der Waals surface area contributed by atoms with Crippen molar-refractivity contribution in [2.75, 3.05) is 32.8 Å². The minimum atomic E-state index is -0.509. The second-order valence-electron chi connectivity index (χ2n) is 10.4. The fraction of sp³-hybridized carbons (Fsp3) is 0.875. The molecule has 8 heteroatoms. The monoisotopic (exact) mass is 448 g/mol. The maximum Gasteiger partial charge on any atom is 0.242 e. The van der Waals surface area contributed by atoms with E-state index in [0.29, 0.717) is 44.4 Å². The first kappa shape index (κ1) is 23.5. The molecular formula is C24H40N4O4. The minimum Gasteiger partial charge on any atom is -0.376 e. The molecule has 2 saturated carbocycles. The number of nitrogens with zero attached hydrogens (tertiary/aromatic N) is 2. The predicted octanol–water partition coefficient (Wildman–Crippen LogP) is 1.27. The Morgan fingerprint density at radius 2 is 1.84 bits per heavy atom. The first-order valence-electron chi connectivity index (χ1n) is 12.6. The molecule has 0 bridgehead atoms. The van der Waals surface area contributed by atoms with Crippen molar-refractivity contribution >= 4 is 17.7 Å². The Bertz CT molecular complexity index is 691. The van der Waals surface area contributed by atoms with Gasteiger partial charge in [-0.15, -0.1) is 0 Å². The van der Waals surface area contributed by atoms with Crippen LogP contribution in [0.1, 0.15) is 64.7 Å². The van der Waals surface area contributed by atoms with Gasteiger partial charge in [0.2, 0.25) is 17.7 Å². The summed E-state index contributed by atoms with van der Waals surface area (Å²) in [6, 6.07) is -0.631. The van der Waals surface area contributed by atoms with Crippen LogP contribution in [-0.2, 0) is 19.1 Å². The molecule has 5 unspecified atom stereocenters. The van der Waals surface area contributed by atoms with E-state index in [1.807, 2.05) is 4.90 Å². The number of hydrogen-bond acceptors (Lipinski definition) is 5. The van der Waals surface area contributed by atoms with Gasteiger partial charge in [0.05, 0.1) is 12.1 Å². The van der Waals surface area contributed by atoms with Crippen LogP contribution in [0.25, 0.3) is 0 Å². The highest BCUT2D eigenvalue weighted by Crippen LogP contribution is 2.34. The number of carbonyl (C=O) groups is 3. The number of hydrogen-bond donors (Lipinski definition) is 2. The molecule has 3 N–H and O–H groups in total. The van der Waals surface area contributed by atoms with Gasteiger partial charge >= 0.3 is 0 Å². The Balaban J connectivity index is 1.38. The standard InChI is InChI=1S/C24H40N4O4/c1-16(29)27-14-20(28(24(31)19-7-8-19)15-21-6-3-9-32-21)11-22(27)23(30)26-13-18-5-2-4-17(10-18)12-25/h17-22H,2-15,25H2,1H3,(H,26,30). The number of nitrogens with two attached hydrogens (primary N) is 1. The fourth-order valence-corrected chi connectivity index (χ4v) is 5.79. The smallest absolute Gasteiger partial charge is 0.242 e. The van der Waals surface area contributed by atoms with Crippen molar-refractivity contribution in [2.45, 2.75) is 82.9 Å². The van der Waals surface area contributed by atoms with Crippen molar-refractivity contribution in [3.8, 4) is 0 Å². The molecule has 0 radical (unpaired) electrons. The van der Waals surface area contributed by atoms with E-state index < -0.39 is 6.04 Å². The molecule has 2 aliphatic carbocycles. The molecule has 4 aliphatic rings. The van der Waals surface area contributed by atoms with Crippen LogP contribution >= 0.6 is 0 Å². The van der Waals surface area contributed by atoms with Crippen LogP contribution < -0.4 is 11.1 Å². The molecule has 0 spiro atoms. The zero-order valence-electron chi connectivity index (χ0n) is 19.5. The topological polar surface area (TPSA) is 105 Å². The van der Waals surface area contributed by atoms with Crippen LogP contribution in [0.5, 0.6) is 0 Å². The largest absolute Gasteiger partial charge is 0.376 e. The number of likely N-dealkylation sites (tertiary alicyclic amines) is 1. The lowest BCUT2D eigenvalue weighted by Crippen LogP contribution is -2.47. The number of amides is 3. The van der Waals surface area contributed by atoms with Crippen molar-refractivity contribution in [2.24, 2.45) is 23.5 Å². The normalized spacial score (nSPS) is 32.7. The van der Waals surface area contributed by atoms with Crippen molar-refractivity contribution in [3.63, 3.8) is 0 Å². The van der Waals surface area contributed by atoms with E-state index in [1.165, 1.54) is 13.3 Å². The summed E-state index contributed by atoms with van der Waals surface area (Å²) in [5.74, 6) is 1.09. The first-order valence-corrected chi connectivity index (χ1v) is 12.6. The van der Waals surface area contributed by atoms with Gasteiger partial charge in [-0.2, -0.15) is 0 Å². The number of nitrogens with one attached hydrogen (secondary N) is 1. The second kappa shape index (κ2) is 10.5. The Labute approximate surface area is 191 Å². The summed E-state index contributed by atoms with van der Waals surface area (Å²) < 4.78 is 5.80. The van der Waals surface area contributed by atoms with E-state index in [9.17, 15) is 14.4 Å². The predicted molar refractivity (Wildman–Crippen MR) is 121 cm³/mol. The first-order chi connectivity index (χ1) is 15.5. The Morgan fingerprint density at radius 1 is 1.06 bits per heavy atom. The summed E-state index contributed by atoms with van der Waals surface area (Å²) in [6.07, 6.45) is 8.97. The molecule has 0 aromatic heterocycles. The van der Waals surface area contributed by atoms with Crippen molar-refractivity contribution in [3.05, 3.63) is 0 Å². The minimum absolute atomic E-state index is 0.0677. The van der Waals surface area contributed by atoms with Gasteiger partial charge in [0.1, 0.15) is 6.04 Å². The van der Waals surface area contributed by atoms with Gasteiger partial charge in [-0.3, -0.25) is 14.4 Å². The van der Waals surface area contributed by atoms with E-state index in [4.69, 9.17) is 10.5 Å². The average Bonchev–Trinajstić information content (AvgIpc) is 3.33. The molecule has 2 saturated heterocycles. The zero-order chi connectivity index (χ0) is 22.7. The van der Waals surface area contributed by atoms with Gasteiger partial charge in [0.25, 0.3) is 0 Å². The van der Waals surface area contributed by atoms with Gasteiger partial charge in [-0.25, -0.2) is 0 Å². The molecule has 8 nitrogen and oxygen atoms in total. The Morgan fingerprint density at radius 3 is 2.50 bits per heavy atom. The summed E-state index contributed by atoms with van der Waals surface area (Å²) >= 11 is 0. The zero-order valence-corrected chi connectivity index (χ0v) is 19.5. The van der Waals surface area contributed by atoms with Gasteiger partial charge in [-0.05, 0) is 69.7 Å². The number of carbonyl (C=O) groups excluding carboxylic acids is 3. The van der Waals surface area contributed by atoms with Crippen molar-refractivity contribution < 1.29 is 19.1 Å². The molecule has 32 heavy (non-hydrogen) atoms. The Kier molecular flexibility index (Phi) is 7.71.